The number of nitrogens with two attached hydrogens (primary N) is 1. The molecule has 5 nitrogen and oxygen atoms in total. The van der Waals surface area contributed by atoms with Gasteiger partial charge in [0.25, 0.3) is 0 Å². The number of aliphatic hydroxyl groups excluding tert-OH is 1. The second-order valence-corrected chi connectivity index (χ2v) is 6.71. The number of hydrogen-bond acceptors (Lipinski definition) is 4. The number of rotatable bonds is 7. The molecule has 3 rings (SSSR count). The zero-order valence-electron chi connectivity index (χ0n) is 15.0. The Morgan fingerprint density at radius 3 is 2.27 bits per heavy atom. The highest BCUT2D eigenvalue weighted by Crippen LogP contribution is 2.44. The second-order valence-electron chi connectivity index (χ2n) is 6.71. The van der Waals surface area contributed by atoms with E-state index in [4.69, 9.17) is 10.5 Å². The van der Waals surface area contributed by atoms with Crippen molar-refractivity contribution in [2.24, 2.45) is 5.73 Å². The van der Waals surface area contributed by atoms with Gasteiger partial charge >= 0.3 is 6.09 Å². The van der Waals surface area contributed by atoms with E-state index in [1.54, 1.807) is 0 Å². The van der Waals surface area contributed by atoms with Gasteiger partial charge in [0, 0.05) is 5.92 Å². The van der Waals surface area contributed by atoms with Gasteiger partial charge < -0.3 is 20.9 Å². The van der Waals surface area contributed by atoms with Crippen LogP contribution >= 0.6 is 0 Å². The SMILES string of the molecule is CCCC[C@H](NC(=O)OCC1c2ccccc2-c2ccccc21)C(N)O. The number of fused-ring (bicyclic) bond motifs is 3. The number of unbranched alkanes of at least 4 members (excludes halogenated alkanes) is 1. The molecule has 1 aliphatic rings. The van der Waals surface area contributed by atoms with Crippen molar-refractivity contribution in [2.75, 3.05) is 6.61 Å². The van der Waals surface area contributed by atoms with E-state index in [-0.39, 0.29) is 12.5 Å². The Morgan fingerprint density at radius 1 is 1.15 bits per heavy atom. The van der Waals surface area contributed by atoms with Gasteiger partial charge in [0.15, 0.2) is 0 Å². The maximum absolute atomic E-state index is 12.2. The first-order chi connectivity index (χ1) is 12.6. The van der Waals surface area contributed by atoms with Crippen molar-refractivity contribution in [1.82, 2.24) is 5.32 Å². The fraction of sp³-hybridized carbons (Fsp3) is 0.381. The Bertz CT molecular complexity index is 715. The van der Waals surface area contributed by atoms with Crippen LogP contribution in [0.5, 0.6) is 0 Å². The molecule has 2 atom stereocenters. The largest absolute Gasteiger partial charge is 0.449 e. The number of ether oxygens (including phenoxy) is 1. The molecule has 0 saturated heterocycles. The molecule has 26 heavy (non-hydrogen) atoms. The van der Waals surface area contributed by atoms with Crippen LogP contribution in [0.1, 0.15) is 43.2 Å². The zero-order chi connectivity index (χ0) is 18.5. The van der Waals surface area contributed by atoms with Crippen molar-refractivity contribution in [1.29, 1.82) is 0 Å². The van der Waals surface area contributed by atoms with Crippen molar-refractivity contribution in [3.8, 4) is 11.1 Å². The third kappa shape index (κ3) is 3.89. The Labute approximate surface area is 154 Å². The first-order valence-corrected chi connectivity index (χ1v) is 9.17. The lowest BCUT2D eigenvalue weighted by Gasteiger charge is -2.21. The van der Waals surface area contributed by atoms with Crippen LogP contribution < -0.4 is 11.1 Å². The van der Waals surface area contributed by atoms with Gasteiger partial charge in [-0.2, -0.15) is 0 Å². The molecular formula is C21H26N2O3. The van der Waals surface area contributed by atoms with Crippen LogP contribution in [0.25, 0.3) is 11.1 Å². The molecule has 138 valence electrons. The van der Waals surface area contributed by atoms with Crippen molar-refractivity contribution in [2.45, 2.75) is 44.4 Å². The van der Waals surface area contributed by atoms with Crippen LogP contribution in [0.2, 0.25) is 0 Å². The molecule has 1 unspecified atom stereocenters. The molecule has 0 radical (unpaired) electrons. The lowest BCUT2D eigenvalue weighted by Crippen LogP contribution is -2.47. The summed E-state index contributed by atoms with van der Waals surface area (Å²) in [4.78, 5) is 12.2. The summed E-state index contributed by atoms with van der Waals surface area (Å²) >= 11 is 0. The minimum absolute atomic E-state index is 0.0186. The number of hydrogen-bond donors (Lipinski definition) is 3. The Balaban J connectivity index is 1.67. The van der Waals surface area contributed by atoms with E-state index in [1.165, 1.54) is 22.3 Å². The number of amides is 1. The number of benzene rings is 2. The molecule has 0 bridgehead atoms. The summed E-state index contributed by atoms with van der Waals surface area (Å²) in [6.45, 7) is 2.30. The van der Waals surface area contributed by atoms with Gasteiger partial charge in [0.1, 0.15) is 12.8 Å². The Morgan fingerprint density at radius 2 is 1.73 bits per heavy atom. The van der Waals surface area contributed by atoms with E-state index in [1.807, 2.05) is 31.2 Å². The van der Waals surface area contributed by atoms with E-state index >= 15 is 0 Å². The molecular weight excluding hydrogens is 328 g/mol. The number of carbonyl (C=O) groups is 1. The molecule has 0 spiro atoms. The van der Waals surface area contributed by atoms with Gasteiger partial charge in [-0.05, 0) is 28.7 Å². The van der Waals surface area contributed by atoms with Crippen LogP contribution in [0.15, 0.2) is 48.5 Å². The van der Waals surface area contributed by atoms with Gasteiger partial charge in [-0.3, -0.25) is 0 Å². The summed E-state index contributed by atoms with van der Waals surface area (Å²) in [6.07, 6.45) is 0.829. The minimum atomic E-state index is -1.10. The summed E-state index contributed by atoms with van der Waals surface area (Å²) in [6, 6.07) is 15.9. The Kier molecular flexibility index (Phi) is 5.91. The number of alkyl carbamates (subject to hydrolysis) is 1. The van der Waals surface area contributed by atoms with E-state index in [0.717, 1.165) is 12.8 Å². The van der Waals surface area contributed by atoms with Crippen molar-refractivity contribution < 1.29 is 14.6 Å². The fourth-order valence-corrected chi connectivity index (χ4v) is 3.54. The van der Waals surface area contributed by atoms with Crippen molar-refractivity contribution in [3.63, 3.8) is 0 Å². The predicted octanol–water partition coefficient (Wildman–Crippen LogP) is 3.36. The fourth-order valence-electron chi connectivity index (χ4n) is 3.54. The highest BCUT2D eigenvalue weighted by molar-refractivity contribution is 5.79. The Hall–Kier alpha value is -2.37. The van der Waals surface area contributed by atoms with E-state index in [9.17, 15) is 9.90 Å². The molecule has 1 amide bonds. The lowest BCUT2D eigenvalue weighted by atomic mass is 9.98. The first-order valence-electron chi connectivity index (χ1n) is 9.17. The highest BCUT2D eigenvalue weighted by atomic mass is 16.5. The van der Waals surface area contributed by atoms with Crippen LogP contribution in [-0.4, -0.2) is 30.1 Å². The normalized spacial score (nSPS) is 15.0. The minimum Gasteiger partial charge on any atom is -0.449 e. The van der Waals surface area contributed by atoms with E-state index in [2.05, 4.69) is 29.6 Å². The second kappa shape index (κ2) is 8.34. The average Bonchev–Trinajstić information content (AvgIpc) is 2.97. The van der Waals surface area contributed by atoms with Crippen LogP contribution in [-0.2, 0) is 4.74 Å². The van der Waals surface area contributed by atoms with E-state index in [0.29, 0.717) is 6.42 Å². The summed E-state index contributed by atoms with van der Waals surface area (Å²) in [5.74, 6) is 0.0186. The van der Waals surface area contributed by atoms with Crippen molar-refractivity contribution in [3.05, 3.63) is 59.7 Å². The molecule has 2 aromatic rings. The number of aliphatic hydroxyl groups is 1. The molecule has 0 fully saturated rings. The number of nitrogens with one attached hydrogen (secondary N) is 1. The predicted molar refractivity (Wildman–Crippen MR) is 102 cm³/mol. The van der Waals surface area contributed by atoms with Crippen LogP contribution in [0.4, 0.5) is 4.79 Å². The first kappa shape index (κ1) is 18.4. The molecule has 0 heterocycles. The maximum atomic E-state index is 12.2. The summed E-state index contributed by atoms with van der Waals surface area (Å²) < 4.78 is 5.48. The highest BCUT2D eigenvalue weighted by Gasteiger charge is 2.29. The van der Waals surface area contributed by atoms with Gasteiger partial charge in [-0.25, -0.2) is 4.79 Å². The molecule has 2 aromatic carbocycles. The molecule has 0 aliphatic heterocycles. The van der Waals surface area contributed by atoms with Crippen LogP contribution in [0.3, 0.4) is 0 Å². The lowest BCUT2D eigenvalue weighted by molar-refractivity contribution is 0.103. The van der Waals surface area contributed by atoms with Crippen molar-refractivity contribution >= 4 is 6.09 Å². The summed E-state index contributed by atoms with van der Waals surface area (Å²) in [5.41, 5.74) is 10.3. The molecule has 4 N–H and O–H groups in total. The monoisotopic (exact) mass is 354 g/mol. The van der Waals surface area contributed by atoms with Gasteiger partial charge in [0.2, 0.25) is 0 Å². The molecule has 0 saturated carbocycles. The summed E-state index contributed by atoms with van der Waals surface area (Å²) in [7, 11) is 0. The smallest absolute Gasteiger partial charge is 0.407 e. The standard InChI is InChI=1S/C21H26N2O3/c1-2-3-12-19(20(22)24)23-21(25)26-13-18-16-10-6-4-8-14(16)15-9-5-7-11-17(15)18/h4-11,18-20,24H,2-3,12-13,22H2,1H3,(H,23,25)/t19-,20?/m0/s1. The molecule has 5 heteroatoms. The quantitative estimate of drug-likeness (QED) is 0.666. The van der Waals surface area contributed by atoms with Gasteiger partial charge in [-0.15, -0.1) is 0 Å². The number of carbonyl (C=O) groups excluding carboxylic acids is 1. The van der Waals surface area contributed by atoms with Crippen LogP contribution in [0, 0.1) is 0 Å². The maximum Gasteiger partial charge on any atom is 0.407 e. The zero-order valence-corrected chi connectivity index (χ0v) is 15.0. The molecule has 0 aromatic heterocycles. The summed E-state index contributed by atoms with van der Waals surface area (Å²) in [5, 5.41) is 12.3. The average molecular weight is 354 g/mol. The molecule has 1 aliphatic carbocycles. The van der Waals surface area contributed by atoms with Gasteiger partial charge in [0.05, 0.1) is 6.04 Å². The van der Waals surface area contributed by atoms with E-state index < -0.39 is 18.4 Å². The topological polar surface area (TPSA) is 84.6 Å². The van der Waals surface area contributed by atoms with Gasteiger partial charge in [-0.1, -0.05) is 68.3 Å². The third-order valence-electron chi connectivity index (χ3n) is 4.93. The third-order valence-corrected chi connectivity index (χ3v) is 4.93.